The maximum absolute atomic E-state index is 16.5. The Morgan fingerprint density at radius 2 is 1.56 bits per heavy atom. The first-order valence-corrected chi connectivity index (χ1v) is 36.7. The number of halogens is 1. The van der Waals surface area contributed by atoms with Crippen molar-refractivity contribution in [3.63, 3.8) is 0 Å². The average molecular weight is 1480 g/mol. The van der Waals surface area contributed by atoms with E-state index >= 15 is 4.39 Å². The maximum Gasteiger partial charge on any atom is 0.697 e. The van der Waals surface area contributed by atoms with Gasteiger partial charge in [-0.25, -0.2) is 29.0 Å². The van der Waals surface area contributed by atoms with Gasteiger partial charge in [-0.3, -0.25) is 42.7 Å². The van der Waals surface area contributed by atoms with Crippen molar-refractivity contribution in [2.24, 2.45) is 0 Å². The summed E-state index contributed by atoms with van der Waals surface area (Å²) >= 11 is 4.60. The third-order valence-corrected chi connectivity index (χ3v) is 19.1. The van der Waals surface area contributed by atoms with Gasteiger partial charge >= 0.3 is 15.0 Å². The molecule has 9 atom stereocenters. The van der Waals surface area contributed by atoms with Crippen molar-refractivity contribution in [1.82, 2.24) is 75.2 Å². The summed E-state index contributed by atoms with van der Waals surface area (Å²) in [5.74, 6) is -3.16. The number of benzene rings is 3. The van der Waals surface area contributed by atoms with Crippen molar-refractivity contribution in [2.45, 2.75) is 127 Å². The van der Waals surface area contributed by atoms with E-state index in [-0.39, 0.29) is 69.2 Å². The lowest BCUT2D eigenvalue weighted by Crippen LogP contribution is -2.52. The minimum absolute atomic E-state index is 0.0174. The summed E-state index contributed by atoms with van der Waals surface area (Å²) < 4.78 is 69.5. The molecule has 0 bridgehead atoms. The maximum atomic E-state index is 16.5. The van der Waals surface area contributed by atoms with E-state index in [1.807, 2.05) is 74.0 Å². The van der Waals surface area contributed by atoms with Gasteiger partial charge in [0, 0.05) is 54.1 Å². The van der Waals surface area contributed by atoms with Crippen LogP contribution in [0, 0.1) is 0 Å². The number of ether oxygens (including phenoxy) is 3. The molecule has 8 aromatic rings. The Bertz CT molecular complexity index is 4610. The van der Waals surface area contributed by atoms with Gasteiger partial charge in [0.05, 0.1) is 80.7 Å². The van der Waals surface area contributed by atoms with Crippen LogP contribution in [-0.2, 0) is 104 Å². The lowest BCUT2D eigenvalue weighted by atomic mass is 9.94. The fourth-order valence-corrected chi connectivity index (χ4v) is 13.8. The number of aromatic nitrogens is 10. The molecule has 38 heteroatoms. The fraction of sp³-hybridized carbons (Fsp3) is 0.431. The number of nitrogens with one attached hydrogen (secondary N) is 6. The molecule has 34 nitrogen and oxygen atoms in total. The first kappa shape index (κ1) is 73.5. The number of anilines is 2. The van der Waals surface area contributed by atoms with E-state index in [9.17, 15) is 53.0 Å². The third kappa shape index (κ3) is 17.3. The number of rotatable bonds is 28. The highest BCUT2D eigenvalue weighted by atomic mass is 32.5. The quantitative estimate of drug-likeness (QED) is 0.0193. The Hall–Kier alpha value is -9.29. The number of hydrogen-bond acceptors (Lipinski definition) is 23. The molecular weight excluding hydrogens is 1400 g/mol. The zero-order valence-electron chi connectivity index (χ0n) is 55.9. The Kier molecular flexibility index (Phi) is 22.9. The number of nitrogens with zero attached hydrogens (tertiary/aromatic N) is 11. The van der Waals surface area contributed by atoms with E-state index in [1.165, 1.54) is 32.7 Å². The molecule has 9 N–H and O–H groups in total. The SMILES string of the molecule is CC(C)(C)n1nnc2c1-c1ccccc1N(C(=O)CCC(=O)NCC(=O)NCC(=O)N[C@@H](Cc1ccccc1)C(=O)NCC(=O)NCOCCn1cnc3c(ncn3[C@H]3C[C@H](O)[C@@H](CO[P+](=O)O[C@H]4[C@@H](F)[C@H](n5cc6c7c(ncnc75)NCCC6)O[C@@H]4COP(O)(O)=S)O3)c1=O)Cc1ccccc1-2. The molecule has 4 aliphatic heterocycles. The molecule has 2 fully saturated rings. The number of para-hydroxylation sites is 1. The zero-order chi connectivity index (χ0) is 72.7. The van der Waals surface area contributed by atoms with Crippen LogP contribution in [0.3, 0.4) is 0 Å². The molecule has 0 aliphatic carbocycles. The molecule has 3 aromatic carbocycles. The van der Waals surface area contributed by atoms with Crippen LogP contribution in [0.2, 0.25) is 0 Å². The highest BCUT2D eigenvalue weighted by Crippen LogP contribution is 2.46. The molecule has 544 valence electrons. The summed E-state index contributed by atoms with van der Waals surface area (Å²) in [6.07, 6.45) is -3.10. The number of aliphatic hydroxyl groups is 1. The molecule has 2 saturated heterocycles. The Morgan fingerprint density at radius 1 is 0.825 bits per heavy atom. The van der Waals surface area contributed by atoms with Crippen molar-refractivity contribution >= 4 is 95.9 Å². The highest BCUT2D eigenvalue weighted by Gasteiger charge is 2.53. The minimum atomic E-state index is -4.25. The topological polar surface area (TPSA) is 425 Å². The second kappa shape index (κ2) is 32.2. The predicted octanol–water partition coefficient (Wildman–Crippen LogP) is 2.74. The van der Waals surface area contributed by atoms with E-state index < -0.39 is 138 Å². The molecule has 0 spiro atoms. The van der Waals surface area contributed by atoms with Crippen molar-refractivity contribution in [1.29, 1.82) is 0 Å². The van der Waals surface area contributed by atoms with Gasteiger partial charge in [-0.1, -0.05) is 78.0 Å². The van der Waals surface area contributed by atoms with Crippen molar-refractivity contribution in [3.8, 4) is 22.5 Å². The lowest BCUT2D eigenvalue weighted by Gasteiger charge is -2.30. The van der Waals surface area contributed by atoms with Crippen LogP contribution in [0.4, 0.5) is 15.9 Å². The molecule has 103 heavy (non-hydrogen) atoms. The van der Waals surface area contributed by atoms with Crippen LogP contribution in [0.25, 0.3) is 44.7 Å². The summed E-state index contributed by atoms with van der Waals surface area (Å²) in [4.78, 5) is 132. The third-order valence-electron chi connectivity index (χ3n) is 17.5. The van der Waals surface area contributed by atoms with Gasteiger partial charge in [-0.15, -0.1) is 14.1 Å². The zero-order valence-corrected chi connectivity index (χ0v) is 58.5. The van der Waals surface area contributed by atoms with E-state index in [0.29, 0.717) is 46.8 Å². The van der Waals surface area contributed by atoms with Crippen molar-refractivity contribution < 1.29 is 80.4 Å². The monoisotopic (exact) mass is 1480 g/mol. The van der Waals surface area contributed by atoms with E-state index in [0.717, 1.165) is 34.4 Å². The first-order chi connectivity index (χ1) is 49.5. The molecule has 4 aliphatic rings. The van der Waals surface area contributed by atoms with Crippen molar-refractivity contribution in [3.05, 3.63) is 131 Å². The van der Waals surface area contributed by atoms with Gasteiger partial charge in [0.2, 0.25) is 35.4 Å². The van der Waals surface area contributed by atoms with Gasteiger partial charge in [0.1, 0.15) is 67.6 Å². The van der Waals surface area contributed by atoms with E-state index in [1.54, 1.807) is 41.4 Å². The van der Waals surface area contributed by atoms with Crippen LogP contribution >= 0.6 is 15.0 Å². The minimum Gasteiger partial charge on any atom is -0.390 e. The summed E-state index contributed by atoms with van der Waals surface area (Å²) in [5.41, 5.74) is 5.42. The van der Waals surface area contributed by atoms with Gasteiger partial charge < -0.3 is 75.0 Å². The Labute approximate surface area is 592 Å². The Balaban J connectivity index is 0.562. The van der Waals surface area contributed by atoms with Crippen LogP contribution in [0.1, 0.15) is 75.6 Å². The number of amides is 6. The highest BCUT2D eigenvalue weighted by molar-refractivity contribution is 8.06. The number of alkyl halides is 1. The molecule has 12 rings (SSSR count). The van der Waals surface area contributed by atoms with E-state index in [2.05, 4.69) is 74.0 Å². The van der Waals surface area contributed by atoms with Gasteiger partial charge in [0.15, 0.2) is 29.7 Å². The largest absolute Gasteiger partial charge is 0.697 e. The number of imidazole rings is 1. The van der Waals surface area contributed by atoms with Gasteiger partial charge in [0.25, 0.3) is 5.56 Å². The molecule has 5 aromatic heterocycles. The van der Waals surface area contributed by atoms with Crippen LogP contribution in [0.5, 0.6) is 0 Å². The summed E-state index contributed by atoms with van der Waals surface area (Å²) in [7, 11) is -3.14. The number of hydrogen-bond donors (Lipinski definition) is 9. The average Bonchev–Trinajstić information content (AvgIpc) is 1.72. The number of carbonyl (C=O) groups is 6. The Morgan fingerprint density at radius 3 is 2.36 bits per heavy atom. The lowest BCUT2D eigenvalue weighted by molar-refractivity contribution is -0.131. The van der Waals surface area contributed by atoms with Gasteiger partial charge in [-0.05, 0) is 68.2 Å². The number of aryl methyl sites for hydroxylation is 1. The van der Waals surface area contributed by atoms with Crippen molar-refractivity contribution in [2.75, 3.05) is 62.9 Å². The second-order valence-corrected chi connectivity index (χ2v) is 29.2. The smallest absolute Gasteiger partial charge is 0.390 e. The molecule has 0 radical (unpaired) electrons. The van der Waals surface area contributed by atoms with Gasteiger partial charge in [-0.2, -0.15) is 0 Å². The standard InChI is InChI=1S/C65H74FN17O17P2S/c1-65(2,3)83-57-41-17-9-10-18-43(41)80(29-38-14-7-8-16-40(38)55(57)77-78-83)51(89)20-19-47(85)68-26-48(86)69-28-50(88)76-42(24-37-12-5-4-6-13-37)62(90)70-27-49(87)75-36-95-23-22-79-34-74-61-56(63(79)91)73-35-82(61)52-25-44(84)45(98-52)31-96-101(92)100-58-46(32-97-102(93,94)103)99-64(54(58)66)81-30-39-15-11-21-67-59-53(39)60(81)72-33-71-59/h4-10,12-14,16-18,30,33-35,42,44-46,52,54,58,64,84H,11,15,19-29,31-32,36H2,1-3H3,(H7-,67,68,69,70,71,72,75,76,85,86,87,88,90,93,94,103)/p+1/t42-,44-,45+,46+,52+,54+,58+,64+/m0/s1. The number of aliphatic hydroxyl groups excluding tert-OH is 1. The summed E-state index contributed by atoms with van der Waals surface area (Å²) in [6, 6.07) is 22.7. The fourth-order valence-electron chi connectivity index (χ4n) is 12.5. The number of carbonyl (C=O) groups excluding carboxylic acids is 6. The molecule has 6 amide bonds. The second-order valence-electron chi connectivity index (χ2n) is 25.7. The molecule has 0 saturated carbocycles. The van der Waals surface area contributed by atoms with Crippen LogP contribution in [0.15, 0.2) is 109 Å². The summed E-state index contributed by atoms with van der Waals surface area (Å²) in [5, 5.41) is 36.6. The normalized spacial score (nSPS) is 19.8. The van der Waals surface area contributed by atoms with Crippen LogP contribution < -0.4 is 42.4 Å². The molecule has 1 unspecified atom stereocenters. The predicted molar refractivity (Wildman–Crippen MR) is 369 cm³/mol. The van der Waals surface area contributed by atoms with E-state index in [4.69, 9.17) is 27.8 Å². The van der Waals surface area contributed by atoms with Crippen LogP contribution in [-0.4, -0.2) is 188 Å². The number of fused-ring (bicyclic) bond motifs is 6. The first-order valence-electron chi connectivity index (χ1n) is 33.0. The molecular formula is C65H75FN17O17P2S+. The molecule has 9 heterocycles. The summed E-state index contributed by atoms with van der Waals surface area (Å²) in [6.45, 7) is -0.509.